The topological polar surface area (TPSA) is 98.3 Å². The van der Waals surface area contributed by atoms with Gasteiger partial charge in [0, 0.05) is 36.7 Å². The van der Waals surface area contributed by atoms with Crippen LogP contribution in [0.25, 0.3) is 5.70 Å². The first kappa shape index (κ1) is 25.3. The minimum atomic E-state index is -0.432. The molecular weight excluding hydrogens is 452 g/mol. The molecule has 36 heavy (non-hydrogen) atoms. The Balaban J connectivity index is 1.53. The van der Waals surface area contributed by atoms with Crippen LogP contribution in [0.5, 0.6) is 5.75 Å². The molecule has 7 nitrogen and oxygen atoms in total. The molecule has 1 amide bonds. The number of nitrogens with zero attached hydrogens (tertiary/aromatic N) is 4. The summed E-state index contributed by atoms with van der Waals surface area (Å²) in [6, 6.07) is 14.0. The Morgan fingerprint density at radius 1 is 1.33 bits per heavy atom. The molecule has 0 radical (unpaired) electrons. The Hall–Kier alpha value is -3.76. The SMILES string of the molecule is C=N/C=C(\N=C/Cc1cccc2c1CCC21CCN(C(=O)CO)C1)c1ccc(OC(C)C)c(C#N)c1. The summed E-state index contributed by atoms with van der Waals surface area (Å²) in [7, 11) is 0. The number of carbonyl (C=O) groups is 1. The van der Waals surface area contributed by atoms with Crippen molar-refractivity contribution < 1.29 is 14.6 Å². The molecule has 1 saturated heterocycles. The lowest BCUT2D eigenvalue weighted by Crippen LogP contribution is -2.34. The van der Waals surface area contributed by atoms with E-state index in [1.165, 1.54) is 16.7 Å². The van der Waals surface area contributed by atoms with Gasteiger partial charge >= 0.3 is 0 Å². The van der Waals surface area contributed by atoms with Gasteiger partial charge in [0.2, 0.25) is 5.91 Å². The second kappa shape index (κ2) is 10.9. The maximum Gasteiger partial charge on any atom is 0.248 e. The molecule has 0 saturated carbocycles. The fraction of sp³-hybridized carbons (Fsp3) is 0.379. The molecule has 186 valence electrons. The Morgan fingerprint density at radius 2 is 2.17 bits per heavy atom. The van der Waals surface area contributed by atoms with E-state index in [9.17, 15) is 15.2 Å². The first-order valence-corrected chi connectivity index (χ1v) is 12.3. The highest BCUT2D eigenvalue weighted by molar-refractivity contribution is 5.78. The Morgan fingerprint density at radius 3 is 2.89 bits per heavy atom. The molecular formula is C29H32N4O3. The van der Waals surface area contributed by atoms with Gasteiger partial charge in [0.25, 0.3) is 0 Å². The van der Waals surface area contributed by atoms with Gasteiger partial charge in [-0.1, -0.05) is 18.2 Å². The second-order valence-electron chi connectivity index (χ2n) is 9.65. The summed E-state index contributed by atoms with van der Waals surface area (Å²) in [6.07, 6.45) is 7.01. The number of hydrogen-bond acceptors (Lipinski definition) is 6. The van der Waals surface area contributed by atoms with Gasteiger partial charge in [-0.05, 0) is 74.7 Å². The predicted molar refractivity (Wildman–Crippen MR) is 141 cm³/mol. The van der Waals surface area contributed by atoms with Gasteiger partial charge < -0.3 is 14.7 Å². The third kappa shape index (κ3) is 5.09. The van der Waals surface area contributed by atoms with Crippen molar-refractivity contribution in [3.8, 4) is 11.8 Å². The maximum atomic E-state index is 12.0. The number of fused-ring (bicyclic) bond motifs is 2. The van der Waals surface area contributed by atoms with Crippen LogP contribution in [0, 0.1) is 11.3 Å². The van der Waals surface area contributed by atoms with E-state index in [4.69, 9.17) is 4.74 Å². The summed E-state index contributed by atoms with van der Waals surface area (Å²) in [5, 5.41) is 18.8. The van der Waals surface area contributed by atoms with Crippen molar-refractivity contribution >= 4 is 24.5 Å². The summed E-state index contributed by atoms with van der Waals surface area (Å²) in [6.45, 7) is 8.35. The van der Waals surface area contributed by atoms with Crippen LogP contribution in [0.3, 0.4) is 0 Å². The molecule has 2 aliphatic rings. The number of ether oxygens (including phenoxy) is 1. The van der Waals surface area contributed by atoms with Gasteiger partial charge in [-0.2, -0.15) is 5.26 Å². The largest absolute Gasteiger partial charge is 0.490 e. The van der Waals surface area contributed by atoms with Crippen molar-refractivity contribution in [2.75, 3.05) is 19.7 Å². The quantitative estimate of drug-likeness (QED) is 0.571. The van der Waals surface area contributed by atoms with E-state index in [-0.39, 0.29) is 17.4 Å². The molecule has 7 heteroatoms. The zero-order chi connectivity index (χ0) is 25.7. The number of rotatable bonds is 8. The number of likely N-dealkylation sites (tertiary alicyclic amines) is 1. The number of carbonyl (C=O) groups excluding carboxylic acids is 1. The van der Waals surface area contributed by atoms with Crippen LogP contribution in [0.4, 0.5) is 0 Å². The number of aliphatic imine (C=N–C) groups is 2. The van der Waals surface area contributed by atoms with Gasteiger partial charge in [0.05, 0.1) is 23.6 Å². The number of hydrogen-bond donors (Lipinski definition) is 1. The highest BCUT2D eigenvalue weighted by Crippen LogP contribution is 2.46. The minimum Gasteiger partial charge on any atom is -0.490 e. The summed E-state index contributed by atoms with van der Waals surface area (Å²) >= 11 is 0. The maximum absolute atomic E-state index is 12.0. The van der Waals surface area contributed by atoms with Gasteiger partial charge in [0.1, 0.15) is 18.4 Å². The molecule has 1 N–H and O–H groups in total. The van der Waals surface area contributed by atoms with Crippen LogP contribution in [0.1, 0.15) is 54.5 Å². The van der Waals surface area contributed by atoms with Crippen molar-refractivity contribution in [2.24, 2.45) is 9.98 Å². The van der Waals surface area contributed by atoms with Gasteiger partial charge in [-0.25, -0.2) is 0 Å². The third-order valence-electron chi connectivity index (χ3n) is 7.05. The van der Waals surface area contributed by atoms with Gasteiger partial charge in [-0.15, -0.1) is 0 Å². The van der Waals surface area contributed by atoms with Crippen molar-refractivity contribution in [3.05, 3.63) is 70.4 Å². The van der Waals surface area contributed by atoms with Crippen molar-refractivity contribution in [1.82, 2.24) is 4.90 Å². The average molecular weight is 485 g/mol. The van der Waals surface area contributed by atoms with Crippen LogP contribution >= 0.6 is 0 Å². The molecule has 2 aromatic carbocycles. The van der Waals surface area contributed by atoms with Crippen LogP contribution in [-0.2, 0) is 23.1 Å². The van der Waals surface area contributed by atoms with E-state index in [0.29, 0.717) is 36.5 Å². The van der Waals surface area contributed by atoms with Crippen LogP contribution in [0.2, 0.25) is 0 Å². The summed E-state index contributed by atoms with van der Waals surface area (Å²) in [4.78, 5) is 22.4. The Bertz CT molecular complexity index is 1260. The Labute approximate surface area is 212 Å². The van der Waals surface area contributed by atoms with E-state index >= 15 is 0 Å². The van der Waals surface area contributed by atoms with E-state index in [1.54, 1.807) is 23.2 Å². The van der Waals surface area contributed by atoms with Gasteiger partial charge in [0.15, 0.2) is 0 Å². The normalized spacial score (nSPS) is 19.2. The number of aliphatic hydroxyl groups is 1. The molecule has 1 spiro atoms. The zero-order valence-electron chi connectivity index (χ0n) is 20.9. The van der Waals surface area contributed by atoms with Gasteiger partial charge in [-0.3, -0.25) is 14.8 Å². The Kier molecular flexibility index (Phi) is 7.66. The van der Waals surface area contributed by atoms with Crippen LogP contribution in [0.15, 0.2) is 52.6 Å². The van der Waals surface area contributed by atoms with Crippen molar-refractivity contribution in [3.63, 3.8) is 0 Å². The molecule has 0 aromatic heterocycles. The molecule has 1 fully saturated rings. The summed E-state index contributed by atoms with van der Waals surface area (Å²) < 4.78 is 5.73. The minimum absolute atomic E-state index is 0.0152. The highest BCUT2D eigenvalue weighted by Gasteiger charge is 2.45. The first-order valence-electron chi connectivity index (χ1n) is 12.3. The lowest BCUT2D eigenvalue weighted by Gasteiger charge is -2.25. The first-order chi connectivity index (χ1) is 17.4. The third-order valence-corrected chi connectivity index (χ3v) is 7.05. The van der Waals surface area contributed by atoms with Crippen LogP contribution < -0.4 is 4.74 Å². The number of aliphatic hydroxyl groups excluding tert-OH is 1. The van der Waals surface area contributed by atoms with Crippen molar-refractivity contribution in [2.45, 2.75) is 51.0 Å². The average Bonchev–Trinajstić information content (AvgIpc) is 3.48. The monoisotopic (exact) mass is 484 g/mol. The molecule has 0 bridgehead atoms. The number of amides is 1. The lowest BCUT2D eigenvalue weighted by atomic mass is 9.80. The highest BCUT2D eigenvalue weighted by atomic mass is 16.5. The number of benzene rings is 2. The second-order valence-corrected chi connectivity index (χ2v) is 9.65. The molecule has 1 heterocycles. The van der Waals surface area contributed by atoms with E-state index < -0.39 is 6.61 Å². The van der Waals surface area contributed by atoms with Crippen LogP contribution in [-0.4, -0.2) is 54.6 Å². The molecule has 4 rings (SSSR count). The molecule has 1 atom stereocenters. The smallest absolute Gasteiger partial charge is 0.248 e. The summed E-state index contributed by atoms with van der Waals surface area (Å²) in [5.41, 5.74) is 5.71. The van der Waals surface area contributed by atoms with E-state index in [2.05, 4.69) is 41.0 Å². The molecule has 1 unspecified atom stereocenters. The molecule has 2 aromatic rings. The van der Waals surface area contributed by atoms with E-state index in [0.717, 1.165) is 24.8 Å². The molecule has 1 aliphatic carbocycles. The fourth-order valence-corrected chi connectivity index (χ4v) is 5.37. The lowest BCUT2D eigenvalue weighted by molar-refractivity contribution is -0.133. The summed E-state index contributed by atoms with van der Waals surface area (Å²) in [5.74, 6) is 0.355. The standard InChI is InChI=1S/C29H32N4O3/c1-20(2)36-27-8-7-22(15-23(27)16-30)26(17-31-3)32-13-10-21-5-4-6-25-24(21)9-11-29(25)12-14-33(19-29)28(35)18-34/h4-8,13,15,17,20,34H,3,9-12,14,18-19H2,1-2H3/b26-17-,32-13-. The molecule has 1 aliphatic heterocycles. The van der Waals surface area contributed by atoms with E-state index in [1.807, 2.05) is 26.1 Å². The number of nitriles is 1. The zero-order valence-corrected chi connectivity index (χ0v) is 20.9. The fourth-order valence-electron chi connectivity index (χ4n) is 5.37. The van der Waals surface area contributed by atoms with Crippen molar-refractivity contribution in [1.29, 1.82) is 5.26 Å². The predicted octanol–water partition coefficient (Wildman–Crippen LogP) is 4.07.